The number of hydrogen-bond donors (Lipinski definition) is 1. The van der Waals surface area contributed by atoms with Gasteiger partial charge >= 0.3 is 12.6 Å². The Kier molecular flexibility index (Phi) is 6.08. The number of amides is 2. The van der Waals surface area contributed by atoms with Crippen molar-refractivity contribution >= 4 is 17.4 Å². The van der Waals surface area contributed by atoms with E-state index in [2.05, 4.69) is 10.1 Å². The number of benzene rings is 1. The molecule has 0 aromatic heterocycles. The van der Waals surface area contributed by atoms with E-state index >= 15 is 0 Å². The molecular formula is C18H23F2N3O4. The minimum Gasteiger partial charge on any atom is -0.433 e. The van der Waals surface area contributed by atoms with E-state index in [4.69, 9.17) is 0 Å². The minimum atomic E-state index is -3.09. The van der Waals surface area contributed by atoms with Gasteiger partial charge in [0.1, 0.15) is 5.75 Å². The fourth-order valence-corrected chi connectivity index (χ4v) is 3.48. The zero-order valence-electron chi connectivity index (χ0n) is 14.9. The van der Waals surface area contributed by atoms with Crippen LogP contribution in [0.15, 0.2) is 18.2 Å². The molecule has 7 nitrogen and oxygen atoms in total. The van der Waals surface area contributed by atoms with Crippen LogP contribution in [0.4, 0.5) is 25.0 Å². The number of ether oxygens (including phenoxy) is 1. The van der Waals surface area contributed by atoms with Crippen LogP contribution >= 0.6 is 0 Å². The molecule has 3 rings (SSSR count). The second-order valence-electron chi connectivity index (χ2n) is 7.13. The molecule has 0 spiro atoms. The van der Waals surface area contributed by atoms with Crippen molar-refractivity contribution in [3.63, 3.8) is 0 Å². The van der Waals surface area contributed by atoms with Crippen LogP contribution in [0.3, 0.4) is 0 Å². The van der Waals surface area contributed by atoms with Crippen molar-refractivity contribution in [3.05, 3.63) is 28.3 Å². The van der Waals surface area contributed by atoms with Crippen LogP contribution in [-0.4, -0.2) is 35.1 Å². The van der Waals surface area contributed by atoms with Crippen LogP contribution in [0.1, 0.15) is 44.9 Å². The van der Waals surface area contributed by atoms with E-state index in [0.717, 1.165) is 63.1 Å². The second kappa shape index (κ2) is 8.49. The molecule has 0 unspecified atom stereocenters. The van der Waals surface area contributed by atoms with E-state index in [-0.39, 0.29) is 23.2 Å². The first kappa shape index (κ1) is 19.3. The number of alkyl halides is 2. The molecule has 1 aromatic carbocycles. The van der Waals surface area contributed by atoms with Crippen LogP contribution in [0, 0.1) is 16.0 Å². The number of urea groups is 1. The quantitative estimate of drug-likeness (QED) is 0.543. The Labute approximate surface area is 155 Å². The number of non-ortho nitro benzene ring substituents is 1. The van der Waals surface area contributed by atoms with Gasteiger partial charge in [-0.1, -0.05) is 19.3 Å². The number of rotatable bonds is 7. The third kappa shape index (κ3) is 5.27. The monoisotopic (exact) mass is 383 g/mol. The molecule has 0 radical (unpaired) electrons. The standard InChI is InChI=1S/C18H23F2N3O4/c19-17(20)27-16-9-8-14(23(25)26)10-15(16)21-18(24)22(11-12-6-7-12)13-4-2-1-3-5-13/h8-10,12-13,17H,1-7,11H2,(H,21,24). The Hall–Kier alpha value is -2.45. The lowest BCUT2D eigenvalue weighted by Crippen LogP contribution is -2.45. The number of hydrogen-bond acceptors (Lipinski definition) is 4. The highest BCUT2D eigenvalue weighted by Crippen LogP contribution is 2.34. The lowest BCUT2D eigenvalue weighted by atomic mass is 9.94. The van der Waals surface area contributed by atoms with Crippen molar-refractivity contribution in [2.24, 2.45) is 5.92 Å². The summed E-state index contributed by atoms with van der Waals surface area (Å²) in [6.45, 7) is -2.47. The summed E-state index contributed by atoms with van der Waals surface area (Å²) in [6.07, 6.45) is 7.23. The van der Waals surface area contributed by atoms with Gasteiger partial charge < -0.3 is 15.0 Å². The highest BCUT2D eigenvalue weighted by Gasteiger charge is 2.32. The van der Waals surface area contributed by atoms with Crippen LogP contribution in [0.25, 0.3) is 0 Å². The van der Waals surface area contributed by atoms with Gasteiger partial charge in [-0.25, -0.2) is 4.79 Å². The average Bonchev–Trinajstić information content (AvgIpc) is 3.45. The predicted octanol–water partition coefficient (Wildman–Crippen LogP) is 4.77. The molecule has 0 atom stereocenters. The molecule has 1 N–H and O–H groups in total. The van der Waals surface area contributed by atoms with Crippen molar-refractivity contribution in [1.29, 1.82) is 0 Å². The summed E-state index contributed by atoms with van der Waals surface area (Å²) in [5, 5.41) is 13.6. The van der Waals surface area contributed by atoms with E-state index in [0.29, 0.717) is 12.5 Å². The number of nitrogens with zero attached hydrogens (tertiary/aromatic N) is 2. The van der Waals surface area contributed by atoms with Gasteiger partial charge in [0.2, 0.25) is 0 Å². The van der Waals surface area contributed by atoms with Crippen molar-refractivity contribution in [3.8, 4) is 5.75 Å². The van der Waals surface area contributed by atoms with E-state index in [1.165, 1.54) is 0 Å². The van der Waals surface area contributed by atoms with Gasteiger partial charge in [0, 0.05) is 24.7 Å². The Balaban J connectivity index is 1.80. The first-order valence-electron chi connectivity index (χ1n) is 9.25. The first-order chi connectivity index (χ1) is 12.9. The fraction of sp³-hybridized carbons (Fsp3) is 0.611. The molecule has 2 aliphatic carbocycles. The Bertz CT molecular complexity index is 691. The predicted molar refractivity (Wildman–Crippen MR) is 95.1 cm³/mol. The Morgan fingerprint density at radius 1 is 1.26 bits per heavy atom. The molecule has 0 bridgehead atoms. The Morgan fingerprint density at radius 3 is 2.56 bits per heavy atom. The highest BCUT2D eigenvalue weighted by atomic mass is 19.3. The highest BCUT2D eigenvalue weighted by molar-refractivity contribution is 5.91. The maximum atomic E-state index is 12.9. The maximum Gasteiger partial charge on any atom is 0.387 e. The summed E-state index contributed by atoms with van der Waals surface area (Å²) in [6, 6.07) is 2.87. The molecule has 148 valence electrons. The fourth-order valence-electron chi connectivity index (χ4n) is 3.48. The largest absolute Gasteiger partial charge is 0.433 e. The van der Waals surface area contributed by atoms with Gasteiger partial charge in [-0.05, 0) is 37.7 Å². The molecule has 1 aromatic rings. The summed E-state index contributed by atoms with van der Waals surface area (Å²) in [5.74, 6) is 0.179. The van der Waals surface area contributed by atoms with E-state index < -0.39 is 17.6 Å². The summed E-state index contributed by atoms with van der Waals surface area (Å²) in [4.78, 5) is 25.0. The summed E-state index contributed by atoms with van der Waals surface area (Å²) in [7, 11) is 0. The lowest BCUT2D eigenvalue weighted by Gasteiger charge is -2.34. The molecule has 2 fully saturated rings. The number of nitro benzene ring substituents is 1. The van der Waals surface area contributed by atoms with E-state index in [1.807, 2.05) is 0 Å². The molecule has 2 amide bonds. The third-order valence-electron chi connectivity index (χ3n) is 5.06. The van der Waals surface area contributed by atoms with Gasteiger partial charge in [-0.15, -0.1) is 0 Å². The van der Waals surface area contributed by atoms with Crippen molar-refractivity contribution in [2.75, 3.05) is 11.9 Å². The topological polar surface area (TPSA) is 84.7 Å². The van der Waals surface area contributed by atoms with E-state index in [9.17, 15) is 23.7 Å². The van der Waals surface area contributed by atoms with Crippen molar-refractivity contribution in [2.45, 2.75) is 57.6 Å². The number of anilines is 1. The van der Waals surface area contributed by atoms with Gasteiger partial charge in [0.25, 0.3) is 5.69 Å². The number of halogens is 2. The molecule has 0 heterocycles. The normalized spacial score (nSPS) is 17.6. The molecule has 27 heavy (non-hydrogen) atoms. The zero-order chi connectivity index (χ0) is 19.4. The first-order valence-corrected chi connectivity index (χ1v) is 9.25. The van der Waals surface area contributed by atoms with Gasteiger partial charge in [-0.3, -0.25) is 10.1 Å². The zero-order valence-corrected chi connectivity index (χ0v) is 14.9. The summed E-state index contributed by atoms with van der Waals surface area (Å²) >= 11 is 0. The number of carbonyl (C=O) groups excluding carboxylic acids is 1. The number of carbonyl (C=O) groups is 1. The van der Waals surface area contributed by atoms with Crippen LogP contribution in [0.2, 0.25) is 0 Å². The SMILES string of the molecule is O=C(Nc1cc([N+](=O)[O-])ccc1OC(F)F)N(CC1CC1)C1CCCCC1. The maximum absolute atomic E-state index is 12.9. The van der Waals surface area contributed by atoms with Gasteiger partial charge in [0.15, 0.2) is 0 Å². The third-order valence-corrected chi connectivity index (χ3v) is 5.06. The number of nitro groups is 1. The molecular weight excluding hydrogens is 360 g/mol. The van der Waals surface area contributed by atoms with Crippen molar-refractivity contribution in [1.82, 2.24) is 4.90 Å². The van der Waals surface area contributed by atoms with Crippen molar-refractivity contribution < 1.29 is 23.2 Å². The molecule has 2 aliphatic rings. The van der Waals surface area contributed by atoms with Crippen LogP contribution in [0.5, 0.6) is 5.75 Å². The lowest BCUT2D eigenvalue weighted by molar-refractivity contribution is -0.384. The second-order valence-corrected chi connectivity index (χ2v) is 7.13. The molecule has 2 saturated carbocycles. The average molecular weight is 383 g/mol. The summed E-state index contributed by atoms with van der Waals surface area (Å²) in [5.41, 5.74) is -0.426. The number of nitrogens with one attached hydrogen (secondary N) is 1. The van der Waals surface area contributed by atoms with Crippen LogP contribution in [-0.2, 0) is 0 Å². The molecule has 9 heteroatoms. The molecule has 0 aliphatic heterocycles. The summed E-state index contributed by atoms with van der Waals surface area (Å²) < 4.78 is 29.7. The van der Waals surface area contributed by atoms with Crippen LogP contribution < -0.4 is 10.1 Å². The van der Waals surface area contributed by atoms with Gasteiger partial charge in [-0.2, -0.15) is 8.78 Å². The van der Waals surface area contributed by atoms with Gasteiger partial charge in [0.05, 0.1) is 10.6 Å². The van der Waals surface area contributed by atoms with E-state index in [1.54, 1.807) is 4.90 Å². The smallest absolute Gasteiger partial charge is 0.387 e. The Morgan fingerprint density at radius 2 is 1.96 bits per heavy atom. The molecule has 0 saturated heterocycles. The minimum absolute atomic E-state index is 0.109.